The van der Waals surface area contributed by atoms with Gasteiger partial charge >= 0.3 is 0 Å². The number of aliphatic imine (C=N–C) groups is 1. The molecule has 1 atom stereocenters. The van der Waals surface area contributed by atoms with Crippen LogP contribution in [0.3, 0.4) is 0 Å². The van der Waals surface area contributed by atoms with E-state index in [-0.39, 0.29) is 41.4 Å². The highest BCUT2D eigenvalue weighted by Crippen LogP contribution is 2.39. The molecule has 164 valence electrons. The molecule has 0 fully saturated rings. The molecule has 0 aliphatic carbocycles. The molecule has 0 saturated heterocycles. The Morgan fingerprint density at radius 2 is 2.00 bits per heavy atom. The number of phenols is 1. The number of benzene rings is 2. The van der Waals surface area contributed by atoms with Crippen LogP contribution in [0.5, 0.6) is 17.2 Å². The molecule has 3 rings (SSSR count). The molecule has 0 bridgehead atoms. The maximum atomic E-state index is 10.3. The lowest BCUT2D eigenvalue weighted by Gasteiger charge is -2.38. The SMILES string of the molecule is CCNC(=NCCc1cccc(OC)c1O)NC1CC(C)(C)Oc2ccccc21.I. The van der Waals surface area contributed by atoms with Crippen LogP contribution in [0.2, 0.25) is 0 Å². The van der Waals surface area contributed by atoms with Crippen molar-refractivity contribution in [1.29, 1.82) is 0 Å². The van der Waals surface area contributed by atoms with Gasteiger partial charge in [-0.2, -0.15) is 0 Å². The first-order valence-corrected chi connectivity index (χ1v) is 10.1. The predicted octanol–water partition coefficient (Wildman–Crippen LogP) is 4.42. The molecule has 7 heteroatoms. The first kappa shape index (κ1) is 24.1. The summed E-state index contributed by atoms with van der Waals surface area (Å²) in [6.45, 7) is 7.57. The first-order chi connectivity index (χ1) is 13.9. The molecule has 6 nitrogen and oxygen atoms in total. The molecule has 1 aliphatic heterocycles. The van der Waals surface area contributed by atoms with Crippen LogP contribution in [0.15, 0.2) is 47.5 Å². The second kappa shape index (κ2) is 10.7. The maximum Gasteiger partial charge on any atom is 0.191 e. The zero-order valence-electron chi connectivity index (χ0n) is 18.1. The average Bonchev–Trinajstić information content (AvgIpc) is 2.68. The summed E-state index contributed by atoms with van der Waals surface area (Å²) in [6, 6.07) is 13.8. The lowest BCUT2D eigenvalue weighted by molar-refractivity contribution is 0.0694. The van der Waals surface area contributed by atoms with E-state index in [4.69, 9.17) is 14.5 Å². The Balaban J connectivity index is 0.00000320. The van der Waals surface area contributed by atoms with Gasteiger partial charge in [0.15, 0.2) is 17.5 Å². The second-order valence-corrected chi connectivity index (χ2v) is 7.78. The number of nitrogens with one attached hydrogen (secondary N) is 2. The summed E-state index contributed by atoms with van der Waals surface area (Å²) >= 11 is 0. The zero-order valence-corrected chi connectivity index (χ0v) is 20.4. The molecule has 3 N–H and O–H groups in total. The van der Waals surface area contributed by atoms with E-state index in [2.05, 4.69) is 30.5 Å². The van der Waals surface area contributed by atoms with Crippen LogP contribution in [0, 0.1) is 0 Å². The Kier molecular flexibility index (Phi) is 8.64. The highest BCUT2D eigenvalue weighted by molar-refractivity contribution is 14.0. The summed E-state index contributed by atoms with van der Waals surface area (Å²) in [5.41, 5.74) is 1.71. The minimum Gasteiger partial charge on any atom is -0.504 e. The topological polar surface area (TPSA) is 75.1 Å². The van der Waals surface area contributed by atoms with Gasteiger partial charge in [0.1, 0.15) is 11.4 Å². The third-order valence-electron chi connectivity index (χ3n) is 4.99. The molecule has 0 saturated carbocycles. The normalized spacial score (nSPS) is 17.2. The largest absolute Gasteiger partial charge is 0.504 e. The van der Waals surface area contributed by atoms with E-state index >= 15 is 0 Å². The molecule has 2 aromatic rings. The van der Waals surface area contributed by atoms with Crippen molar-refractivity contribution in [3.63, 3.8) is 0 Å². The number of aromatic hydroxyl groups is 1. The number of hydrogen-bond donors (Lipinski definition) is 3. The van der Waals surface area contributed by atoms with Gasteiger partial charge < -0.3 is 25.2 Å². The van der Waals surface area contributed by atoms with E-state index in [0.717, 1.165) is 35.8 Å². The molecule has 1 unspecified atom stereocenters. The number of methoxy groups -OCH3 is 1. The van der Waals surface area contributed by atoms with Crippen molar-refractivity contribution < 1.29 is 14.6 Å². The molecule has 0 aromatic heterocycles. The summed E-state index contributed by atoms with van der Waals surface area (Å²) in [7, 11) is 1.55. The lowest BCUT2D eigenvalue weighted by Crippen LogP contribution is -2.45. The summed E-state index contributed by atoms with van der Waals surface area (Å²) in [6.07, 6.45) is 1.46. The van der Waals surface area contributed by atoms with E-state index in [0.29, 0.717) is 18.7 Å². The van der Waals surface area contributed by atoms with E-state index in [1.165, 1.54) is 0 Å². The number of guanidine groups is 1. The fourth-order valence-corrected chi connectivity index (χ4v) is 3.64. The highest BCUT2D eigenvalue weighted by Gasteiger charge is 2.33. The quantitative estimate of drug-likeness (QED) is 0.296. The minimum atomic E-state index is -0.254. The van der Waals surface area contributed by atoms with Gasteiger partial charge in [-0.3, -0.25) is 4.99 Å². The Hall–Kier alpha value is -2.16. The first-order valence-electron chi connectivity index (χ1n) is 10.1. The van der Waals surface area contributed by atoms with Crippen LogP contribution in [-0.4, -0.2) is 36.9 Å². The Morgan fingerprint density at radius 3 is 2.73 bits per heavy atom. The summed E-state index contributed by atoms with van der Waals surface area (Å²) in [4.78, 5) is 4.72. The van der Waals surface area contributed by atoms with Crippen LogP contribution in [0.1, 0.15) is 44.4 Å². The number of rotatable bonds is 6. The molecular weight excluding hydrogens is 493 g/mol. The van der Waals surface area contributed by atoms with Crippen molar-refractivity contribution in [3.05, 3.63) is 53.6 Å². The van der Waals surface area contributed by atoms with Crippen molar-refractivity contribution >= 4 is 29.9 Å². The van der Waals surface area contributed by atoms with Gasteiger partial charge in [-0.1, -0.05) is 30.3 Å². The number of nitrogens with zero attached hydrogens (tertiary/aromatic N) is 1. The van der Waals surface area contributed by atoms with E-state index in [1.807, 2.05) is 37.3 Å². The molecule has 1 heterocycles. The highest BCUT2D eigenvalue weighted by atomic mass is 127. The number of phenolic OH excluding ortho intramolecular Hbond substituents is 1. The monoisotopic (exact) mass is 525 g/mol. The summed E-state index contributed by atoms with van der Waals surface area (Å²) in [5, 5.41) is 17.2. The maximum absolute atomic E-state index is 10.3. The number of fused-ring (bicyclic) bond motifs is 1. The number of ether oxygens (including phenoxy) is 2. The summed E-state index contributed by atoms with van der Waals surface area (Å²) < 4.78 is 11.3. The van der Waals surface area contributed by atoms with E-state index < -0.39 is 0 Å². The smallest absolute Gasteiger partial charge is 0.191 e. The van der Waals surface area contributed by atoms with Gasteiger partial charge in [0.05, 0.1) is 13.2 Å². The van der Waals surface area contributed by atoms with Gasteiger partial charge in [-0.05, 0) is 44.9 Å². The molecule has 2 aromatic carbocycles. The number of halogens is 1. The van der Waals surface area contributed by atoms with Crippen molar-refractivity contribution in [2.24, 2.45) is 4.99 Å². The van der Waals surface area contributed by atoms with Crippen LogP contribution < -0.4 is 20.1 Å². The molecular formula is C23H32IN3O3. The van der Waals surface area contributed by atoms with Gasteiger partial charge in [0.25, 0.3) is 0 Å². The van der Waals surface area contributed by atoms with Crippen LogP contribution in [0.4, 0.5) is 0 Å². The number of hydrogen-bond acceptors (Lipinski definition) is 4. The molecule has 30 heavy (non-hydrogen) atoms. The molecule has 0 amide bonds. The molecule has 1 aliphatic rings. The van der Waals surface area contributed by atoms with Crippen molar-refractivity contribution in [3.8, 4) is 17.2 Å². The summed E-state index contributed by atoms with van der Waals surface area (Å²) in [5.74, 6) is 2.34. The fourth-order valence-electron chi connectivity index (χ4n) is 3.64. The van der Waals surface area contributed by atoms with E-state index in [1.54, 1.807) is 13.2 Å². The van der Waals surface area contributed by atoms with Gasteiger partial charge in [-0.15, -0.1) is 24.0 Å². The Morgan fingerprint density at radius 1 is 1.23 bits per heavy atom. The third-order valence-corrected chi connectivity index (χ3v) is 4.99. The van der Waals surface area contributed by atoms with Gasteiger partial charge in [0.2, 0.25) is 0 Å². The van der Waals surface area contributed by atoms with Gasteiger partial charge in [0, 0.05) is 25.1 Å². The molecule has 0 radical (unpaired) electrons. The lowest BCUT2D eigenvalue weighted by atomic mass is 9.90. The third kappa shape index (κ3) is 5.93. The second-order valence-electron chi connectivity index (χ2n) is 7.78. The average molecular weight is 525 g/mol. The van der Waals surface area contributed by atoms with Gasteiger partial charge in [-0.25, -0.2) is 0 Å². The fraction of sp³-hybridized carbons (Fsp3) is 0.435. The Bertz CT molecular complexity index is 871. The minimum absolute atomic E-state index is 0. The zero-order chi connectivity index (χ0) is 20.9. The standard InChI is InChI=1S/C23H31N3O3.HI/c1-5-24-22(25-14-13-16-9-8-12-20(28-4)21(16)27)26-18-15-23(2,3)29-19-11-7-6-10-17(18)19;/h6-12,18,27H,5,13-15H2,1-4H3,(H2,24,25,26);1H. The van der Waals surface area contributed by atoms with Crippen molar-refractivity contribution in [2.45, 2.75) is 45.3 Å². The van der Waals surface area contributed by atoms with E-state index in [9.17, 15) is 5.11 Å². The van der Waals surface area contributed by atoms with Crippen molar-refractivity contribution in [2.75, 3.05) is 20.2 Å². The van der Waals surface area contributed by atoms with Crippen LogP contribution >= 0.6 is 24.0 Å². The van der Waals surface area contributed by atoms with Crippen LogP contribution in [-0.2, 0) is 6.42 Å². The van der Waals surface area contributed by atoms with Crippen LogP contribution in [0.25, 0.3) is 0 Å². The molecule has 0 spiro atoms. The number of para-hydroxylation sites is 2. The Labute approximate surface area is 196 Å². The predicted molar refractivity (Wildman–Crippen MR) is 131 cm³/mol. The van der Waals surface area contributed by atoms with Crippen molar-refractivity contribution in [1.82, 2.24) is 10.6 Å².